The van der Waals surface area contributed by atoms with Crippen LogP contribution in [0.25, 0.3) is 0 Å². The largest absolute Gasteiger partial charge is 0.480 e. The van der Waals surface area contributed by atoms with Crippen LogP contribution in [0.4, 0.5) is 0 Å². The number of carboxylic acid groups (broad SMARTS) is 1. The van der Waals surface area contributed by atoms with Crippen LogP contribution in [0.5, 0.6) is 0 Å². The summed E-state index contributed by atoms with van der Waals surface area (Å²) in [5.74, 6) is -0.620. The number of Topliss-reactive ketones (excluding diaryl/α,β-unsaturated/α-hetero) is 2. The first-order valence-corrected chi connectivity index (χ1v) is 15.9. The molecule has 0 spiro atoms. The lowest BCUT2D eigenvalue weighted by atomic mass is 10.1. The minimum absolute atomic E-state index is 0.0469. The Morgan fingerprint density at radius 3 is 1.23 bits per heavy atom. The Kier molecular flexibility index (Phi) is 30.3. The lowest BCUT2D eigenvalue weighted by molar-refractivity contribution is -0.140. The molecule has 0 heterocycles. The molecule has 0 unspecified atom stereocenters. The summed E-state index contributed by atoms with van der Waals surface area (Å²) in [4.78, 5) is 34.6. The Bertz CT molecular complexity index is 693. The first-order chi connectivity index (χ1) is 21.2. The topological polar surface area (TPSA) is 157 Å². The van der Waals surface area contributed by atoms with Crippen molar-refractivity contribution in [1.82, 2.24) is 5.32 Å². The molecule has 0 aromatic rings. The molecular weight excluding hydrogens is 578 g/mol. The van der Waals surface area contributed by atoms with E-state index >= 15 is 0 Å². The summed E-state index contributed by atoms with van der Waals surface area (Å²) in [7, 11) is 0. The maximum absolute atomic E-state index is 12.0. The van der Waals surface area contributed by atoms with E-state index < -0.39 is 12.0 Å². The van der Waals surface area contributed by atoms with Crippen LogP contribution < -0.4 is 5.32 Å². The van der Waals surface area contributed by atoms with Gasteiger partial charge < -0.3 is 48.3 Å². The molecule has 0 aliphatic heterocycles. The van der Waals surface area contributed by atoms with Crippen molar-refractivity contribution < 1.29 is 57.4 Å². The first kappa shape index (κ1) is 42.5. The van der Waals surface area contributed by atoms with Crippen molar-refractivity contribution in [1.29, 1.82) is 0 Å². The van der Waals surface area contributed by atoms with Gasteiger partial charge in [0, 0.05) is 37.8 Å². The molecule has 0 aliphatic carbocycles. The lowest BCUT2D eigenvalue weighted by Gasteiger charge is -2.16. The zero-order valence-electron chi connectivity index (χ0n) is 27.5. The minimum atomic E-state index is -0.931. The molecule has 1 atom stereocenters. The average Bonchev–Trinajstić information content (AvgIpc) is 2.98. The number of ketones is 2. The second-order valence-corrected chi connectivity index (χ2v) is 10.7. The second-order valence-electron chi connectivity index (χ2n) is 10.7. The first-order valence-electron chi connectivity index (χ1n) is 15.9. The Labute approximate surface area is 263 Å². The highest BCUT2D eigenvalue weighted by molar-refractivity contribution is 5.80. The van der Waals surface area contributed by atoms with Gasteiger partial charge in [0.2, 0.25) is 0 Å². The van der Waals surface area contributed by atoms with Crippen molar-refractivity contribution in [2.75, 3.05) is 106 Å². The van der Waals surface area contributed by atoms with Gasteiger partial charge in [0.15, 0.2) is 0 Å². The Balaban J connectivity index is 3.25. The molecule has 0 amide bonds. The zero-order valence-corrected chi connectivity index (χ0v) is 27.5. The van der Waals surface area contributed by atoms with Gasteiger partial charge in [0.05, 0.1) is 99.1 Å². The molecule has 0 radical (unpaired) electrons. The summed E-state index contributed by atoms with van der Waals surface area (Å²) >= 11 is 0. The summed E-state index contributed by atoms with van der Waals surface area (Å²) < 4.78 is 43.5. The smallest absolute Gasteiger partial charge is 0.320 e. The van der Waals surface area contributed by atoms with Gasteiger partial charge in [0.1, 0.15) is 17.6 Å². The Morgan fingerprint density at radius 1 is 0.523 bits per heavy atom. The summed E-state index contributed by atoms with van der Waals surface area (Å²) in [6, 6.07) is -0.650. The molecule has 0 aliphatic rings. The van der Waals surface area contributed by atoms with Gasteiger partial charge >= 0.3 is 5.97 Å². The fourth-order valence-electron chi connectivity index (χ4n) is 3.59. The highest BCUT2D eigenvalue weighted by Gasteiger charge is 2.19. The van der Waals surface area contributed by atoms with Crippen LogP contribution in [0.2, 0.25) is 0 Å². The van der Waals surface area contributed by atoms with Crippen molar-refractivity contribution in [3.63, 3.8) is 0 Å². The summed E-state index contributed by atoms with van der Waals surface area (Å²) in [6.45, 7) is 15.0. The van der Waals surface area contributed by atoms with Crippen LogP contribution in [0.15, 0.2) is 0 Å². The minimum Gasteiger partial charge on any atom is -0.480 e. The summed E-state index contributed by atoms with van der Waals surface area (Å²) in [5, 5.41) is 12.1. The summed E-state index contributed by atoms with van der Waals surface area (Å²) in [6.07, 6.45) is 1.97. The molecule has 0 saturated heterocycles. The van der Waals surface area contributed by atoms with Gasteiger partial charge in [-0.3, -0.25) is 14.4 Å². The number of carbonyl (C=O) groups is 3. The van der Waals surface area contributed by atoms with E-state index in [4.69, 9.17) is 37.9 Å². The number of ether oxygens (including phenoxy) is 8. The van der Waals surface area contributed by atoms with Gasteiger partial charge in [-0.25, -0.2) is 0 Å². The molecule has 0 rings (SSSR count). The van der Waals surface area contributed by atoms with Gasteiger partial charge in [0.25, 0.3) is 0 Å². The molecule has 0 aromatic heterocycles. The predicted molar refractivity (Wildman–Crippen MR) is 164 cm³/mol. The molecule has 0 fully saturated rings. The third-order valence-electron chi connectivity index (χ3n) is 6.03. The number of aliphatic carboxylic acids is 1. The van der Waals surface area contributed by atoms with Gasteiger partial charge in [-0.15, -0.1) is 0 Å². The molecule has 13 nitrogen and oxygen atoms in total. The van der Waals surface area contributed by atoms with Crippen LogP contribution in [0.1, 0.15) is 59.8 Å². The number of carboxylic acids is 1. The van der Waals surface area contributed by atoms with Crippen LogP contribution in [-0.4, -0.2) is 140 Å². The van der Waals surface area contributed by atoms with E-state index in [-0.39, 0.29) is 29.9 Å². The monoisotopic (exact) mass is 637 g/mol. The number of hydrogen-bond acceptors (Lipinski definition) is 12. The molecular formula is C31H59NO12. The Hall–Kier alpha value is -1.55. The van der Waals surface area contributed by atoms with E-state index in [1.54, 1.807) is 0 Å². The second kappa shape index (κ2) is 31.4. The maximum atomic E-state index is 12.0. The van der Waals surface area contributed by atoms with Crippen molar-refractivity contribution in [2.24, 2.45) is 5.92 Å². The number of carbonyl (C=O) groups excluding carboxylic acids is 2. The van der Waals surface area contributed by atoms with E-state index in [0.717, 1.165) is 0 Å². The van der Waals surface area contributed by atoms with E-state index in [1.165, 1.54) is 0 Å². The zero-order chi connectivity index (χ0) is 32.7. The van der Waals surface area contributed by atoms with E-state index in [9.17, 15) is 19.5 Å². The van der Waals surface area contributed by atoms with Crippen LogP contribution in [-0.2, 0) is 52.3 Å². The average molecular weight is 638 g/mol. The van der Waals surface area contributed by atoms with Crippen LogP contribution in [0.3, 0.4) is 0 Å². The highest BCUT2D eigenvalue weighted by Crippen LogP contribution is 2.05. The molecule has 260 valence electrons. The number of rotatable bonds is 35. The fourth-order valence-corrected chi connectivity index (χ4v) is 3.59. The van der Waals surface area contributed by atoms with Crippen molar-refractivity contribution in [3.8, 4) is 0 Å². The SMILES string of the molecule is CC(C)N[C@@H](CCC(=O)CCCOCCOCCOCCOCCOCCOCCOCCOCCC(=O)C(C)C)C(=O)O. The maximum Gasteiger partial charge on any atom is 0.320 e. The van der Waals surface area contributed by atoms with E-state index in [2.05, 4.69) is 5.32 Å². The number of nitrogens with one attached hydrogen (secondary N) is 1. The molecule has 0 saturated carbocycles. The lowest BCUT2D eigenvalue weighted by Crippen LogP contribution is -2.41. The third-order valence-corrected chi connectivity index (χ3v) is 6.03. The molecule has 44 heavy (non-hydrogen) atoms. The normalized spacial score (nSPS) is 12.3. The summed E-state index contributed by atoms with van der Waals surface area (Å²) in [5.41, 5.74) is 0. The predicted octanol–water partition coefficient (Wildman–Crippen LogP) is 2.32. The molecule has 13 heteroatoms. The van der Waals surface area contributed by atoms with E-state index in [1.807, 2.05) is 27.7 Å². The van der Waals surface area contributed by atoms with Crippen molar-refractivity contribution >= 4 is 17.5 Å². The quantitative estimate of drug-likeness (QED) is 0.0977. The van der Waals surface area contributed by atoms with Crippen molar-refractivity contribution in [3.05, 3.63) is 0 Å². The van der Waals surface area contributed by atoms with Crippen LogP contribution >= 0.6 is 0 Å². The fraction of sp³-hybridized carbons (Fsp3) is 0.903. The third kappa shape index (κ3) is 30.5. The number of hydrogen-bond donors (Lipinski definition) is 2. The van der Waals surface area contributed by atoms with Gasteiger partial charge in [-0.05, 0) is 12.8 Å². The van der Waals surface area contributed by atoms with Gasteiger partial charge in [-0.1, -0.05) is 27.7 Å². The molecule has 0 bridgehead atoms. The van der Waals surface area contributed by atoms with Crippen LogP contribution in [0, 0.1) is 5.92 Å². The van der Waals surface area contributed by atoms with E-state index in [0.29, 0.717) is 131 Å². The van der Waals surface area contributed by atoms with Gasteiger partial charge in [-0.2, -0.15) is 0 Å². The molecule has 2 N–H and O–H groups in total. The highest BCUT2D eigenvalue weighted by atomic mass is 16.6. The standard InChI is InChI=1S/C31H59NO12/c1-26(2)30(34)9-11-38-13-15-40-17-19-42-21-23-44-25-24-43-22-20-41-18-16-39-14-12-37-10-5-6-28(33)7-8-29(31(35)36)32-27(3)4/h26-27,29,32H,5-25H2,1-4H3,(H,35,36)/t29-/m0/s1. The Morgan fingerprint density at radius 2 is 0.886 bits per heavy atom. The molecule has 0 aromatic carbocycles. The van der Waals surface area contributed by atoms with Crippen molar-refractivity contribution in [2.45, 2.75) is 71.9 Å².